The lowest BCUT2D eigenvalue weighted by molar-refractivity contribution is 0.389. The molecule has 1 unspecified atom stereocenters. The molecule has 0 spiro atoms. The van der Waals surface area contributed by atoms with Crippen molar-refractivity contribution >= 4 is 0 Å². The Morgan fingerprint density at radius 2 is 2.12 bits per heavy atom. The highest BCUT2D eigenvalue weighted by Crippen LogP contribution is 2.35. The minimum atomic E-state index is -0.290. The average molecular weight is 330 g/mol. The first-order valence-electron chi connectivity index (χ1n) is 8.35. The highest BCUT2D eigenvalue weighted by molar-refractivity contribution is 5.36. The number of halogens is 1. The molecule has 1 aliphatic rings. The van der Waals surface area contributed by atoms with Crippen LogP contribution in [0.25, 0.3) is 0 Å². The van der Waals surface area contributed by atoms with E-state index in [4.69, 9.17) is 4.74 Å². The standard InChI is InChI=1S/C19H23FN2O2/c1-12(17-7-5-15(20)10-18(17)24-2)22-16-6-3-13(9-16)14-4-8-19(23)21-11-14/h4-5,7-8,10-13,16,22H,3,6,9H2,1-2H3,(H,21,23)/t12-,13?,16+/m1/s1. The Hall–Kier alpha value is -2.14. The maximum absolute atomic E-state index is 13.3. The molecule has 4 nitrogen and oxygen atoms in total. The molecule has 0 saturated heterocycles. The molecule has 2 aromatic rings. The third-order valence-corrected chi connectivity index (χ3v) is 4.86. The molecule has 2 N–H and O–H groups in total. The van der Waals surface area contributed by atoms with Gasteiger partial charge in [0, 0.05) is 36.0 Å². The van der Waals surface area contributed by atoms with Gasteiger partial charge in [-0.05, 0) is 43.7 Å². The summed E-state index contributed by atoms with van der Waals surface area (Å²) in [5.74, 6) is 0.744. The summed E-state index contributed by atoms with van der Waals surface area (Å²) >= 11 is 0. The number of H-pyrrole nitrogens is 1. The third-order valence-electron chi connectivity index (χ3n) is 4.86. The maximum Gasteiger partial charge on any atom is 0.247 e. The van der Waals surface area contributed by atoms with Crippen LogP contribution < -0.4 is 15.6 Å². The first-order valence-corrected chi connectivity index (χ1v) is 8.35. The van der Waals surface area contributed by atoms with E-state index in [1.807, 2.05) is 12.3 Å². The van der Waals surface area contributed by atoms with Crippen molar-refractivity contribution in [3.05, 3.63) is 63.8 Å². The van der Waals surface area contributed by atoms with Crippen LogP contribution in [0.2, 0.25) is 0 Å². The zero-order valence-electron chi connectivity index (χ0n) is 14.0. The molecule has 1 saturated carbocycles. The molecule has 24 heavy (non-hydrogen) atoms. The monoisotopic (exact) mass is 330 g/mol. The lowest BCUT2D eigenvalue weighted by atomic mass is 9.99. The van der Waals surface area contributed by atoms with E-state index in [2.05, 4.69) is 17.2 Å². The van der Waals surface area contributed by atoms with Gasteiger partial charge < -0.3 is 15.0 Å². The van der Waals surface area contributed by atoms with Crippen LogP contribution >= 0.6 is 0 Å². The van der Waals surface area contributed by atoms with Gasteiger partial charge in [0.25, 0.3) is 0 Å². The summed E-state index contributed by atoms with van der Waals surface area (Å²) in [5, 5.41) is 3.63. The average Bonchev–Trinajstić information content (AvgIpc) is 3.03. The molecule has 0 aliphatic heterocycles. The predicted octanol–water partition coefficient (Wildman–Crippen LogP) is 3.51. The van der Waals surface area contributed by atoms with Crippen LogP contribution in [0.5, 0.6) is 5.75 Å². The fraction of sp³-hybridized carbons (Fsp3) is 0.421. The van der Waals surface area contributed by atoms with Crippen molar-refractivity contribution in [2.45, 2.75) is 44.2 Å². The van der Waals surface area contributed by atoms with E-state index in [-0.39, 0.29) is 17.4 Å². The lowest BCUT2D eigenvalue weighted by Crippen LogP contribution is -2.29. The Labute approximate surface area is 141 Å². The van der Waals surface area contributed by atoms with Gasteiger partial charge in [-0.15, -0.1) is 0 Å². The second-order valence-electron chi connectivity index (χ2n) is 6.47. The zero-order chi connectivity index (χ0) is 17.1. The summed E-state index contributed by atoms with van der Waals surface area (Å²) in [4.78, 5) is 13.9. The van der Waals surface area contributed by atoms with Crippen LogP contribution in [0, 0.1) is 5.82 Å². The molecule has 1 fully saturated rings. The van der Waals surface area contributed by atoms with Crippen molar-refractivity contribution in [1.29, 1.82) is 0 Å². The molecular formula is C19H23FN2O2. The largest absolute Gasteiger partial charge is 0.496 e. The van der Waals surface area contributed by atoms with Crippen molar-refractivity contribution in [2.75, 3.05) is 7.11 Å². The van der Waals surface area contributed by atoms with Crippen molar-refractivity contribution in [3.8, 4) is 5.75 Å². The highest BCUT2D eigenvalue weighted by Gasteiger charge is 2.27. The minimum Gasteiger partial charge on any atom is -0.496 e. The van der Waals surface area contributed by atoms with Crippen LogP contribution in [0.1, 0.15) is 49.3 Å². The number of methoxy groups -OCH3 is 1. The lowest BCUT2D eigenvalue weighted by Gasteiger charge is -2.22. The molecule has 5 heteroatoms. The van der Waals surface area contributed by atoms with E-state index in [0.29, 0.717) is 17.7 Å². The van der Waals surface area contributed by atoms with Gasteiger partial charge in [0.2, 0.25) is 5.56 Å². The summed E-state index contributed by atoms with van der Waals surface area (Å²) in [6, 6.07) is 8.64. The Kier molecular flexibility index (Phi) is 5.00. The minimum absolute atomic E-state index is 0.0663. The Morgan fingerprint density at radius 3 is 2.83 bits per heavy atom. The first-order chi connectivity index (χ1) is 11.6. The summed E-state index contributed by atoms with van der Waals surface area (Å²) < 4.78 is 18.6. The normalized spacial score (nSPS) is 21.6. The number of aromatic nitrogens is 1. The predicted molar refractivity (Wildman–Crippen MR) is 91.9 cm³/mol. The number of ether oxygens (including phenoxy) is 1. The van der Waals surface area contributed by atoms with Gasteiger partial charge in [0.15, 0.2) is 0 Å². The van der Waals surface area contributed by atoms with E-state index in [9.17, 15) is 9.18 Å². The van der Waals surface area contributed by atoms with Crippen molar-refractivity contribution in [3.63, 3.8) is 0 Å². The molecule has 0 amide bonds. The van der Waals surface area contributed by atoms with Gasteiger partial charge in [-0.3, -0.25) is 4.79 Å². The van der Waals surface area contributed by atoms with Crippen LogP contribution in [0.4, 0.5) is 4.39 Å². The second kappa shape index (κ2) is 7.18. The van der Waals surface area contributed by atoms with Gasteiger partial charge >= 0.3 is 0 Å². The Morgan fingerprint density at radius 1 is 1.29 bits per heavy atom. The zero-order valence-corrected chi connectivity index (χ0v) is 14.0. The van der Waals surface area contributed by atoms with Crippen LogP contribution in [-0.2, 0) is 0 Å². The molecule has 1 aromatic heterocycles. The number of rotatable bonds is 5. The summed E-state index contributed by atoms with van der Waals surface area (Å²) in [5.41, 5.74) is 2.08. The second-order valence-corrected chi connectivity index (χ2v) is 6.47. The van der Waals surface area contributed by atoms with Crippen molar-refractivity contribution < 1.29 is 9.13 Å². The number of hydrogen-bond donors (Lipinski definition) is 2. The first kappa shape index (κ1) is 16.7. The SMILES string of the molecule is COc1cc(F)ccc1[C@@H](C)N[C@H]1CCC(c2ccc(=O)[nH]c2)C1. The molecule has 3 rings (SSSR count). The molecule has 1 heterocycles. The van der Waals surface area contributed by atoms with E-state index in [1.54, 1.807) is 19.2 Å². The van der Waals surface area contributed by atoms with E-state index < -0.39 is 0 Å². The fourth-order valence-electron chi connectivity index (χ4n) is 3.60. The van der Waals surface area contributed by atoms with E-state index >= 15 is 0 Å². The van der Waals surface area contributed by atoms with Gasteiger partial charge in [0.1, 0.15) is 11.6 Å². The topological polar surface area (TPSA) is 54.1 Å². The maximum atomic E-state index is 13.3. The smallest absolute Gasteiger partial charge is 0.247 e. The van der Waals surface area contributed by atoms with Crippen LogP contribution in [-0.4, -0.2) is 18.1 Å². The molecular weight excluding hydrogens is 307 g/mol. The number of aromatic amines is 1. The van der Waals surface area contributed by atoms with Crippen molar-refractivity contribution in [2.24, 2.45) is 0 Å². The number of nitrogens with one attached hydrogen (secondary N) is 2. The van der Waals surface area contributed by atoms with E-state index in [1.165, 1.54) is 17.7 Å². The Bertz CT molecular complexity index is 739. The third kappa shape index (κ3) is 3.67. The van der Waals surface area contributed by atoms with E-state index in [0.717, 1.165) is 24.8 Å². The number of benzene rings is 1. The van der Waals surface area contributed by atoms with Crippen molar-refractivity contribution in [1.82, 2.24) is 10.3 Å². The summed E-state index contributed by atoms with van der Waals surface area (Å²) in [6.07, 6.45) is 5.02. The highest BCUT2D eigenvalue weighted by atomic mass is 19.1. The fourth-order valence-corrected chi connectivity index (χ4v) is 3.60. The molecule has 1 aliphatic carbocycles. The number of hydrogen-bond acceptors (Lipinski definition) is 3. The van der Waals surface area contributed by atoms with Gasteiger partial charge in [-0.25, -0.2) is 4.39 Å². The van der Waals surface area contributed by atoms with Gasteiger partial charge in [-0.2, -0.15) is 0 Å². The van der Waals surface area contributed by atoms with Crippen LogP contribution in [0.15, 0.2) is 41.3 Å². The van der Waals surface area contributed by atoms with Gasteiger partial charge in [0.05, 0.1) is 7.11 Å². The number of pyridine rings is 1. The molecule has 3 atom stereocenters. The quantitative estimate of drug-likeness (QED) is 0.882. The summed E-state index contributed by atoms with van der Waals surface area (Å²) in [6.45, 7) is 2.07. The van der Waals surface area contributed by atoms with Crippen LogP contribution in [0.3, 0.4) is 0 Å². The Balaban J connectivity index is 1.65. The summed E-state index contributed by atoms with van der Waals surface area (Å²) in [7, 11) is 1.56. The molecule has 0 bridgehead atoms. The molecule has 0 radical (unpaired) electrons. The van der Waals surface area contributed by atoms with Gasteiger partial charge in [-0.1, -0.05) is 12.1 Å². The molecule has 1 aromatic carbocycles. The molecule has 128 valence electrons.